The van der Waals surface area contributed by atoms with E-state index in [-0.39, 0.29) is 0 Å². The van der Waals surface area contributed by atoms with Crippen LogP contribution in [-0.4, -0.2) is 29.8 Å². The molecule has 0 aliphatic carbocycles. The molecular formula is C15H21N3O. The third kappa shape index (κ3) is 3.15. The monoisotopic (exact) mass is 259 g/mol. The third-order valence-corrected chi connectivity index (χ3v) is 3.28. The van der Waals surface area contributed by atoms with Crippen LogP contribution in [0.5, 0.6) is 0 Å². The van der Waals surface area contributed by atoms with E-state index in [2.05, 4.69) is 46.9 Å². The van der Waals surface area contributed by atoms with Crippen molar-refractivity contribution in [3.05, 3.63) is 41.7 Å². The Bertz CT molecular complexity index is 534. The largest absolute Gasteiger partial charge is 0.385 e. The van der Waals surface area contributed by atoms with Crippen molar-refractivity contribution < 1.29 is 4.74 Å². The highest BCUT2D eigenvalue weighted by molar-refractivity contribution is 5.49. The first-order chi connectivity index (χ1) is 9.24. The summed E-state index contributed by atoms with van der Waals surface area (Å²) in [6.45, 7) is 5.88. The van der Waals surface area contributed by atoms with E-state index in [4.69, 9.17) is 4.74 Å². The van der Waals surface area contributed by atoms with Gasteiger partial charge in [0.05, 0.1) is 5.69 Å². The van der Waals surface area contributed by atoms with Crippen molar-refractivity contribution >= 4 is 5.95 Å². The maximum absolute atomic E-state index is 5.04. The number of nitrogens with zero attached hydrogens (tertiary/aromatic N) is 2. The highest BCUT2D eigenvalue weighted by Crippen LogP contribution is 2.20. The summed E-state index contributed by atoms with van der Waals surface area (Å²) in [7, 11) is 1.72. The molecule has 2 aromatic rings. The van der Waals surface area contributed by atoms with Crippen LogP contribution in [0, 0.1) is 13.8 Å². The van der Waals surface area contributed by atoms with Gasteiger partial charge in [0.15, 0.2) is 0 Å². The van der Waals surface area contributed by atoms with Gasteiger partial charge in [-0.15, -0.1) is 0 Å². The number of benzene rings is 1. The molecule has 0 amide bonds. The number of imidazole rings is 1. The average Bonchev–Trinajstić information content (AvgIpc) is 2.86. The highest BCUT2D eigenvalue weighted by atomic mass is 16.5. The number of ether oxygens (including phenoxy) is 1. The Hall–Kier alpha value is -1.81. The van der Waals surface area contributed by atoms with Gasteiger partial charge in [0.1, 0.15) is 0 Å². The zero-order valence-electron chi connectivity index (χ0n) is 11.8. The number of anilines is 1. The Kier molecular flexibility index (Phi) is 4.58. The second kappa shape index (κ2) is 6.38. The molecular weight excluding hydrogens is 238 g/mol. The topological polar surface area (TPSA) is 39.1 Å². The van der Waals surface area contributed by atoms with Crippen molar-refractivity contribution in [3.63, 3.8) is 0 Å². The summed E-state index contributed by atoms with van der Waals surface area (Å²) in [5.74, 6) is 0.879. The second-order valence-electron chi connectivity index (χ2n) is 4.61. The van der Waals surface area contributed by atoms with Crippen molar-refractivity contribution in [2.45, 2.75) is 20.3 Å². The minimum atomic E-state index is 0.761. The van der Waals surface area contributed by atoms with E-state index in [1.54, 1.807) is 7.11 Å². The van der Waals surface area contributed by atoms with Crippen LogP contribution in [0.1, 0.15) is 17.5 Å². The lowest BCUT2D eigenvalue weighted by molar-refractivity contribution is 0.197. The van der Waals surface area contributed by atoms with Crippen LogP contribution in [0.4, 0.5) is 5.95 Å². The maximum Gasteiger partial charge on any atom is 0.207 e. The molecule has 1 aromatic carbocycles. The number of aromatic nitrogens is 2. The first kappa shape index (κ1) is 13.6. The zero-order chi connectivity index (χ0) is 13.7. The normalized spacial score (nSPS) is 10.7. The molecule has 2 rings (SSSR count). The summed E-state index contributed by atoms with van der Waals surface area (Å²) in [4.78, 5) is 4.37. The zero-order valence-corrected chi connectivity index (χ0v) is 11.8. The van der Waals surface area contributed by atoms with Gasteiger partial charge in [-0.05, 0) is 37.5 Å². The molecule has 1 heterocycles. The molecule has 0 atom stereocenters. The number of hydrogen-bond acceptors (Lipinski definition) is 3. The van der Waals surface area contributed by atoms with E-state index >= 15 is 0 Å². The lowest BCUT2D eigenvalue weighted by Gasteiger charge is -2.13. The maximum atomic E-state index is 5.04. The fraction of sp³-hybridized carbons (Fsp3) is 0.400. The standard InChI is InChI=1S/C15H21N3O/c1-12-6-4-7-14(13(12)2)18-10-9-17-15(18)16-8-5-11-19-3/h4,6-7,9-10H,5,8,11H2,1-3H3,(H,16,17). The Morgan fingerprint density at radius 3 is 2.95 bits per heavy atom. The summed E-state index contributed by atoms with van der Waals surface area (Å²) in [6, 6.07) is 6.32. The molecule has 0 unspecified atom stereocenters. The Morgan fingerprint density at radius 2 is 2.16 bits per heavy atom. The average molecular weight is 259 g/mol. The number of hydrogen-bond donors (Lipinski definition) is 1. The first-order valence-corrected chi connectivity index (χ1v) is 6.57. The fourth-order valence-electron chi connectivity index (χ4n) is 2.04. The minimum Gasteiger partial charge on any atom is -0.385 e. The van der Waals surface area contributed by atoms with Gasteiger partial charge in [-0.25, -0.2) is 4.98 Å². The van der Waals surface area contributed by atoms with Gasteiger partial charge in [-0.1, -0.05) is 12.1 Å². The smallest absolute Gasteiger partial charge is 0.207 e. The molecule has 0 saturated heterocycles. The van der Waals surface area contributed by atoms with Gasteiger partial charge in [0.2, 0.25) is 5.95 Å². The SMILES string of the molecule is COCCCNc1nccn1-c1cccc(C)c1C. The Balaban J connectivity index is 2.17. The van der Waals surface area contributed by atoms with E-state index in [1.807, 2.05) is 12.4 Å². The summed E-state index contributed by atoms with van der Waals surface area (Å²) in [5.41, 5.74) is 3.74. The summed E-state index contributed by atoms with van der Waals surface area (Å²) < 4.78 is 7.14. The summed E-state index contributed by atoms with van der Waals surface area (Å²) in [5, 5.41) is 3.35. The molecule has 0 aliphatic rings. The molecule has 0 aliphatic heterocycles. The van der Waals surface area contributed by atoms with Crippen molar-refractivity contribution in [1.29, 1.82) is 0 Å². The second-order valence-corrected chi connectivity index (χ2v) is 4.61. The van der Waals surface area contributed by atoms with Crippen molar-refractivity contribution in [1.82, 2.24) is 9.55 Å². The third-order valence-electron chi connectivity index (χ3n) is 3.28. The van der Waals surface area contributed by atoms with Crippen molar-refractivity contribution in [3.8, 4) is 5.69 Å². The molecule has 4 nitrogen and oxygen atoms in total. The van der Waals surface area contributed by atoms with Crippen LogP contribution in [0.25, 0.3) is 5.69 Å². The molecule has 4 heteroatoms. The van der Waals surface area contributed by atoms with Crippen LogP contribution in [0.2, 0.25) is 0 Å². The predicted molar refractivity (Wildman–Crippen MR) is 78.0 cm³/mol. The Labute approximate surface area is 114 Å². The molecule has 0 radical (unpaired) electrons. The van der Waals surface area contributed by atoms with Crippen LogP contribution >= 0.6 is 0 Å². The molecule has 1 N–H and O–H groups in total. The first-order valence-electron chi connectivity index (χ1n) is 6.57. The molecule has 19 heavy (non-hydrogen) atoms. The van der Waals surface area contributed by atoms with E-state index < -0.39 is 0 Å². The predicted octanol–water partition coefficient (Wildman–Crippen LogP) is 2.94. The van der Waals surface area contributed by atoms with Crippen LogP contribution in [0.15, 0.2) is 30.6 Å². The van der Waals surface area contributed by atoms with Gasteiger partial charge in [-0.2, -0.15) is 0 Å². The van der Waals surface area contributed by atoms with Crippen molar-refractivity contribution in [2.75, 3.05) is 25.6 Å². The van der Waals surface area contributed by atoms with Gasteiger partial charge < -0.3 is 10.1 Å². The van der Waals surface area contributed by atoms with Crippen molar-refractivity contribution in [2.24, 2.45) is 0 Å². The summed E-state index contributed by atoms with van der Waals surface area (Å²) >= 11 is 0. The molecule has 0 spiro atoms. The molecule has 0 saturated carbocycles. The minimum absolute atomic E-state index is 0.761. The number of methoxy groups -OCH3 is 1. The van der Waals surface area contributed by atoms with E-state index in [1.165, 1.54) is 16.8 Å². The van der Waals surface area contributed by atoms with Gasteiger partial charge in [-0.3, -0.25) is 4.57 Å². The van der Waals surface area contributed by atoms with E-state index in [0.717, 1.165) is 25.5 Å². The Morgan fingerprint density at radius 1 is 1.32 bits per heavy atom. The molecule has 1 aromatic heterocycles. The molecule has 102 valence electrons. The van der Waals surface area contributed by atoms with Crippen LogP contribution in [-0.2, 0) is 4.74 Å². The van der Waals surface area contributed by atoms with E-state index in [0.29, 0.717) is 0 Å². The number of rotatable bonds is 6. The van der Waals surface area contributed by atoms with Gasteiger partial charge >= 0.3 is 0 Å². The lowest BCUT2D eigenvalue weighted by atomic mass is 10.1. The quantitative estimate of drug-likeness (QED) is 0.811. The number of nitrogens with one attached hydrogen (secondary N) is 1. The lowest BCUT2D eigenvalue weighted by Crippen LogP contribution is -2.10. The van der Waals surface area contributed by atoms with Crippen LogP contribution in [0.3, 0.4) is 0 Å². The number of aryl methyl sites for hydroxylation is 1. The highest BCUT2D eigenvalue weighted by Gasteiger charge is 2.07. The summed E-state index contributed by atoms with van der Waals surface area (Å²) in [6.07, 6.45) is 4.77. The molecule has 0 bridgehead atoms. The van der Waals surface area contributed by atoms with Gasteiger partial charge in [0, 0.05) is 32.7 Å². The fourth-order valence-corrected chi connectivity index (χ4v) is 2.04. The van der Waals surface area contributed by atoms with Crippen LogP contribution < -0.4 is 5.32 Å². The van der Waals surface area contributed by atoms with Gasteiger partial charge in [0.25, 0.3) is 0 Å². The molecule has 0 fully saturated rings. The van der Waals surface area contributed by atoms with E-state index in [9.17, 15) is 0 Å².